The highest BCUT2D eigenvalue weighted by Gasteiger charge is 2.77. The van der Waals surface area contributed by atoms with Crippen molar-refractivity contribution in [2.24, 2.45) is 5.41 Å². The minimum atomic E-state index is -1.45. The monoisotopic (exact) mass is 614 g/mol. The Bertz CT molecular complexity index is 1340. The van der Waals surface area contributed by atoms with Gasteiger partial charge in [0.25, 0.3) is 0 Å². The molecule has 3 aliphatic heterocycles. The van der Waals surface area contributed by atoms with Crippen molar-refractivity contribution in [2.45, 2.75) is 67.0 Å². The molecular weight excluding hydrogens is 584 g/mol. The number of fused-ring (bicyclic) bond motifs is 3. The molecule has 1 saturated carbocycles. The Balaban J connectivity index is 1.50. The number of aromatic nitrogens is 1. The number of carbonyl (C=O) groups excluding carboxylic acids is 1. The zero-order chi connectivity index (χ0) is 29.2. The van der Waals surface area contributed by atoms with Gasteiger partial charge in [0.05, 0.1) is 50.2 Å². The lowest BCUT2D eigenvalue weighted by Gasteiger charge is -2.60. The Morgan fingerprint density at radius 2 is 1.95 bits per heavy atom. The molecule has 2 spiro atoms. The SMILES string of the molecule is O=C(N[C@@H]1CC[C@@H](CO)OC1)[C@@H]1NC2(CC(CF)(CF)C2)[C@]2(c3ccc(Cl)cc3NC2O)[C@H]1c1ccnc(Cl)c1F. The molecule has 4 heterocycles. The fraction of sp³-hybridized carbons (Fsp3) is 0.571. The first kappa shape index (κ1) is 28.9. The second-order valence-electron chi connectivity index (χ2n) is 11.8. The number of aliphatic hydroxyl groups excluding tert-OH is 2. The zero-order valence-electron chi connectivity index (χ0n) is 22.0. The standard InChI is InChI=1S/C28H31Cl2F3N4O4/c29-14-1-4-18-19(7-14)36-25(40)28(18)20(17-5-6-34-23(30)21(17)33)22(37-27(28)10-26(11-27,12-31)13-32)24(39)35-15-2-3-16(8-38)41-9-15/h1,4-7,15-16,20,22,25,36-38,40H,2-3,8-13H2,(H,35,39)/t15-,16+,20+,22-,25?,28-/m1/s1. The normalized spacial score (nSPS) is 32.9. The summed E-state index contributed by atoms with van der Waals surface area (Å²) in [6.07, 6.45) is 0.643. The Hall–Kier alpha value is -2.15. The third-order valence-electron chi connectivity index (χ3n) is 9.53. The molecule has 8 nitrogen and oxygen atoms in total. The molecule has 41 heavy (non-hydrogen) atoms. The van der Waals surface area contributed by atoms with Crippen molar-refractivity contribution in [1.82, 2.24) is 15.6 Å². The summed E-state index contributed by atoms with van der Waals surface area (Å²) in [6, 6.07) is 4.86. The highest BCUT2D eigenvalue weighted by molar-refractivity contribution is 6.31. The van der Waals surface area contributed by atoms with Crippen molar-refractivity contribution < 1.29 is 32.9 Å². The number of nitrogens with zero attached hydrogens (tertiary/aromatic N) is 1. The fourth-order valence-corrected chi connectivity index (χ4v) is 8.18. The van der Waals surface area contributed by atoms with Gasteiger partial charge in [-0.3, -0.25) is 18.9 Å². The summed E-state index contributed by atoms with van der Waals surface area (Å²) >= 11 is 12.4. The molecule has 6 atom stereocenters. The molecule has 5 N–H and O–H groups in total. The van der Waals surface area contributed by atoms with Crippen LogP contribution in [0.15, 0.2) is 30.5 Å². The second kappa shape index (κ2) is 10.5. The molecular formula is C28H31Cl2F3N4O4. The van der Waals surface area contributed by atoms with Crippen molar-refractivity contribution in [3.8, 4) is 0 Å². The van der Waals surface area contributed by atoms with Gasteiger partial charge < -0.3 is 25.6 Å². The predicted molar refractivity (Wildman–Crippen MR) is 146 cm³/mol. The van der Waals surface area contributed by atoms with Crippen LogP contribution in [0.3, 0.4) is 0 Å². The first-order chi connectivity index (χ1) is 19.6. The number of amides is 1. The number of hydrogen-bond acceptors (Lipinski definition) is 7. The lowest BCUT2D eigenvalue weighted by Crippen LogP contribution is -2.71. The van der Waals surface area contributed by atoms with Gasteiger partial charge in [0.15, 0.2) is 11.0 Å². The van der Waals surface area contributed by atoms with Gasteiger partial charge in [-0.05, 0) is 55.0 Å². The second-order valence-corrected chi connectivity index (χ2v) is 12.6. The first-order valence-electron chi connectivity index (χ1n) is 13.6. The van der Waals surface area contributed by atoms with E-state index in [0.29, 0.717) is 29.1 Å². The molecule has 4 aliphatic rings. The van der Waals surface area contributed by atoms with Crippen LogP contribution in [0, 0.1) is 11.2 Å². The van der Waals surface area contributed by atoms with Crippen molar-refractivity contribution in [2.75, 3.05) is 31.9 Å². The minimum absolute atomic E-state index is 0.0383. The van der Waals surface area contributed by atoms with Crippen LogP contribution in [0.2, 0.25) is 10.2 Å². The summed E-state index contributed by atoms with van der Waals surface area (Å²) < 4.78 is 50.0. The van der Waals surface area contributed by atoms with Crippen LogP contribution in [0.5, 0.6) is 0 Å². The number of pyridine rings is 1. The van der Waals surface area contributed by atoms with E-state index in [1.54, 1.807) is 18.2 Å². The minimum Gasteiger partial charge on any atom is -0.394 e. The number of hydrogen-bond donors (Lipinski definition) is 5. The molecule has 0 bridgehead atoms. The molecule has 1 unspecified atom stereocenters. The summed E-state index contributed by atoms with van der Waals surface area (Å²) in [5.74, 6) is -2.40. The number of halogens is 5. The molecule has 2 aromatic rings. The lowest BCUT2D eigenvalue weighted by molar-refractivity contribution is -0.126. The van der Waals surface area contributed by atoms with Crippen molar-refractivity contribution >= 4 is 34.8 Å². The van der Waals surface area contributed by atoms with Gasteiger partial charge in [-0.25, -0.2) is 9.37 Å². The maximum atomic E-state index is 15.9. The molecule has 1 aliphatic carbocycles. The quantitative estimate of drug-likeness (QED) is 0.317. The van der Waals surface area contributed by atoms with Crippen LogP contribution in [-0.2, 0) is 14.9 Å². The van der Waals surface area contributed by atoms with Crippen molar-refractivity contribution in [3.05, 3.63) is 57.6 Å². The molecule has 1 aromatic heterocycles. The summed E-state index contributed by atoms with van der Waals surface area (Å²) in [5.41, 5.74) is -2.89. The van der Waals surface area contributed by atoms with E-state index >= 15 is 4.39 Å². The molecule has 0 radical (unpaired) electrons. The van der Waals surface area contributed by atoms with E-state index in [4.69, 9.17) is 27.9 Å². The third kappa shape index (κ3) is 4.26. The van der Waals surface area contributed by atoms with E-state index in [1.807, 2.05) is 0 Å². The van der Waals surface area contributed by atoms with Crippen LogP contribution in [0.25, 0.3) is 0 Å². The number of ether oxygens (including phenoxy) is 1. The summed E-state index contributed by atoms with van der Waals surface area (Å²) in [7, 11) is 0. The van der Waals surface area contributed by atoms with Crippen molar-refractivity contribution in [3.63, 3.8) is 0 Å². The Morgan fingerprint density at radius 3 is 2.61 bits per heavy atom. The van der Waals surface area contributed by atoms with Gasteiger partial charge in [-0.1, -0.05) is 29.3 Å². The third-order valence-corrected chi connectivity index (χ3v) is 10.0. The Kier molecular flexibility index (Phi) is 7.44. The van der Waals surface area contributed by atoms with Crippen molar-refractivity contribution in [1.29, 1.82) is 0 Å². The van der Waals surface area contributed by atoms with Gasteiger partial charge >= 0.3 is 0 Å². The first-order valence-corrected chi connectivity index (χ1v) is 14.4. The van der Waals surface area contributed by atoms with Crippen LogP contribution < -0.4 is 16.0 Å². The van der Waals surface area contributed by atoms with Crippen LogP contribution in [0.4, 0.5) is 18.9 Å². The highest BCUT2D eigenvalue weighted by atomic mass is 35.5. The maximum absolute atomic E-state index is 15.9. The number of rotatable bonds is 6. The predicted octanol–water partition coefficient (Wildman–Crippen LogP) is 3.38. The average Bonchev–Trinajstić information content (AvgIpc) is 3.41. The topological polar surface area (TPSA) is 116 Å². The van der Waals surface area contributed by atoms with Gasteiger partial charge in [0.2, 0.25) is 5.91 Å². The number of carbonyl (C=O) groups is 1. The van der Waals surface area contributed by atoms with Gasteiger partial charge in [0.1, 0.15) is 6.23 Å². The molecule has 13 heteroatoms. The smallest absolute Gasteiger partial charge is 0.238 e. The van der Waals surface area contributed by atoms with E-state index < -0.39 is 64.8 Å². The fourth-order valence-electron chi connectivity index (χ4n) is 7.84. The number of aliphatic hydroxyl groups is 2. The number of anilines is 1. The molecule has 6 rings (SSSR count). The van der Waals surface area contributed by atoms with E-state index in [9.17, 15) is 23.8 Å². The van der Waals surface area contributed by atoms with E-state index in [-0.39, 0.29) is 43.8 Å². The highest BCUT2D eigenvalue weighted by Crippen LogP contribution is 2.69. The van der Waals surface area contributed by atoms with E-state index in [2.05, 4.69) is 20.9 Å². The summed E-state index contributed by atoms with van der Waals surface area (Å²) in [6.45, 7) is -1.80. The maximum Gasteiger partial charge on any atom is 0.238 e. The Morgan fingerprint density at radius 1 is 1.20 bits per heavy atom. The summed E-state index contributed by atoms with van der Waals surface area (Å²) in [4.78, 5) is 17.9. The summed E-state index contributed by atoms with van der Waals surface area (Å²) in [5, 5.41) is 30.6. The zero-order valence-corrected chi connectivity index (χ0v) is 23.5. The lowest BCUT2D eigenvalue weighted by atomic mass is 9.45. The van der Waals surface area contributed by atoms with Gasteiger partial charge in [-0.2, -0.15) is 0 Å². The average molecular weight is 615 g/mol. The van der Waals surface area contributed by atoms with Gasteiger partial charge in [0, 0.05) is 33.8 Å². The van der Waals surface area contributed by atoms with Crippen LogP contribution in [-0.4, -0.2) is 77.6 Å². The van der Waals surface area contributed by atoms with Crippen LogP contribution >= 0.6 is 23.2 Å². The molecule has 222 valence electrons. The number of alkyl halides is 2. The number of benzene rings is 1. The molecule has 3 fully saturated rings. The van der Waals surface area contributed by atoms with E-state index in [0.717, 1.165) is 0 Å². The Labute approximate surface area is 245 Å². The largest absolute Gasteiger partial charge is 0.394 e. The molecule has 1 amide bonds. The van der Waals surface area contributed by atoms with E-state index in [1.165, 1.54) is 12.3 Å². The molecule has 1 aromatic carbocycles. The number of nitrogens with one attached hydrogen (secondary N) is 3. The van der Waals surface area contributed by atoms with Crippen LogP contribution in [0.1, 0.15) is 42.7 Å². The molecule has 2 saturated heterocycles. The van der Waals surface area contributed by atoms with Gasteiger partial charge in [-0.15, -0.1) is 0 Å².